The molecule has 109 heavy (non-hydrogen) atoms. The molecule has 0 aromatic heterocycles. The van der Waals surface area contributed by atoms with E-state index < -0.39 is 339 Å². The van der Waals surface area contributed by atoms with Crippen LogP contribution in [-0.2, 0) is 99.7 Å². The molecule has 47 heteroatoms. The van der Waals surface area contributed by atoms with Gasteiger partial charge in [0.1, 0.15) is 201 Å². The first-order valence-electron chi connectivity index (χ1n) is 35.2. The Hall–Kier alpha value is -3.68. The Labute approximate surface area is 619 Å². The summed E-state index contributed by atoms with van der Waals surface area (Å²) in [5.74, 6) is -3.53. The van der Waals surface area contributed by atoms with E-state index in [2.05, 4.69) is 21.3 Å². The third kappa shape index (κ3) is 19.7. The average molecular weight is 1590 g/mol. The van der Waals surface area contributed by atoms with Crippen LogP contribution in [0.5, 0.6) is 0 Å². The maximum atomic E-state index is 13.7. The zero-order chi connectivity index (χ0) is 80.4. The molecular weight excluding hydrogens is 1490 g/mol. The van der Waals surface area contributed by atoms with E-state index in [-0.39, 0.29) is 0 Å². The van der Waals surface area contributed by atoms with Crippen LogP contribution in [-0.4, -0.2) is 452 Å². The minimum absolute atomic E-state index is 0.779. The predicted molar refractivity (Wildman–Crippen MR) is 339 cm³/mol. The van der Waals surface area contributed by atoms with Crippen LogP contribution in [0.1, 0.15) is 48.5 Å². The van der Waals surface area contributed by atoms with E-state index in [0.29, 0.717) is 0 Å². The number of hydrogen-bond acceptors (Lipinski definition) is 43. The fraction of sp³-hybridized carbons (Fsp3) is 0.935. The van der Waals surface area contributed by atoms with Gasteiger partial charge in [-0.2, -0.15) is 0 Å². The van der Waals surface area contributed by atoms with Crippen molar-refractivity contribution in [3.8, 4) is 0 Å². The highest BCUT2D eigenvalue weighted by Crippen LogP contribution is 2.41. The highest BCUT2D eigenvalue weighted by molar-refractivity contribution is 5.74. The van der Waals surface area contributed by atoms with Crippen LogP contribution >= 0.6 is 0 Å². The van der Waals surface area contributed by atoms with E-state index in [1.54, 1.807) is 0 Å². The molecule has 0 unspecified atom stereocenters. The molecule has 0 bridgehead atoms. The molecule has 9 rings (SSSR count). The van der Waals surface area contributed by atoms with E-state index in [0.717, 1.165) is 27.7 Å². The van der Waals surface area contributed by atoms with Crippen molar-refractivity contribution in [3.05, 3.63) is 0 Å². The van der Waals surface area contributed by atoms with Crippen LogP contribution in [0.25, 0.3) is 0 Å². The Morgan fingerprint density at radius 1 is 0.257 bits per heavy atom. The third-order valence-electron chi connectivity index (χ3n) is 20.2. The fourth-order valence-corrected chi connectivity index (χ4v) is 14.3. The van der Waals surface area contributed by atoms with Gasteiger partial charge in [-0.3, -0.25) is 19.2 Å². The van der Waals surface area contributed by atoms with E-state index in [1.807, 2.05) is 0 Å². The second-order valence-electron chi connectivity index (χ2n) is 28.1. The maximum absolute atomic E-state index is 13.7. The van der Waals surface area contributed by atoms with Crippen LogP contribution < -0.4 is 21.3 Å². The van der Waals surface area contributed by atoms with Crippen LogP contribution in [0, 0.1) is 0 Å². The zero-order valence-electron chi connectivity index (χ0n) is 59.6. The summed E-state index contributed by atoms with van der Waals surface area (Å²) in [6, 6.07) is -7.29. The average Bonchev–Trinajstić information content (AvgIpc) is 0.756. The molecule has 4 amide bonds. The molecule has 0 aliphatic carbocycles. The monoisotopic (exact) mass is 1590 g/mol. The second kappa shape index (κ2) is 38.4. The van der Waals surface area contributed by atoms with Crippen molar-refractivity contribution in [2.75, 3.05) is 39.6 Å². The van der Waals surface area contributed by atoms with E-state index in [9.17, 15) is 132 Å². The number of amides is 4. The van der Waals surface area contributed by atoms with Crippen LogP contribution in [0.15, 0.2) is 0 Å². The molecule has 9 heterocycles. The largest absolute Gasteiger partial charge is 0.394 e. The van der Waals surface area contributed by atoms with Gasteiger partial charge in [-0.25, -0.2) is 0 Å². The number of aliphatic hydroxyl groups is 22. The summed E-state index contributed by atoms with van der Waals surface area (Å²) in [7, 11) is 0. The van der Waals surface area contributed by atoms with Crippen LogP contribution in [0.4, 0.5) is 0 Å². The summed E-state index contributed by atoms with van der Waals surface area (Å²) in [6.07, 6.45) is -81.6. The van der Waals surface area contributed by atoms with Gasteiger partial charge in [-0.05, 0) is 20.8 Å². The second-order valence-corrected chi connectivity index (χ2v) is 28.1. The zero-order valence-corrected chi connectivity index (χ0v) is 59.6. The third-order valence-corrected chi connectivity index (χ3v) is 20.2. The first kappa shape index (κ1) is 89.3. The Balaban J connectivity index is 1.06. The van der Waals surface area contributed by atoms with Gasteiger partial charge in [0.25, 0.3) is 0 Å². The normalized spacial score (nSPS) is 49.9. The highest BCUT2D eigenvalue weighted by Gasteiger charge is 2.62. The Morgan fingerprint density at radius 2 is 0.587 bits per heavy atom. The number of ether oxygens (including phenoxy) is 17. The molecule has 9 saturated heterocycles. The molecule has 47 nitrogen and oxygen atoms in total. The fourth-order valence-electron chi connectivity index (χ4n) is 14.3. The molecule has 9 aliphatic rings. The standard InChI is InChI=1S/C62H104N4O43/c1-14-31(76)40(85)44(89)58(94-14)104-48-25(12-71)102-57(30(66-20(7)75)50(48)106-61-52(43(88)35(80)22(9-68)99-61)108-59-45(90)41(86)32(77)15(2)95-59)107-51-36(81)23(10-69)100-62(53(51)109-60-46(91)42(87)33(78)16(3)96-60)103-47-24(11-70)101-55(28(39(47)84)64-18(5)73)93-13-26-37(82)49(29(54(92)97-26)65-19(6)74)105-56-27(63-17(4)72)38(83)34(79)21(8-67)98-56/h14-16,21-62,67-71,76-92H,8-13H2,1-7H3,(H,63,72)(H,64,73)(H,65,74)(H,66,75)/t14-,15-,16-,21+,22+,23+,24+,25+,26+,27+,28+,29+,30+,31+,32+,33+,34+,35-,36-,37-,38+,39+,40+,41+,42+,43-,44-,45-,46-,47+,48+,49+,50+,51-,52+,53+,54-,55+,56-,57-,58-,59-,60-,61-,62-/m0/s1. The number of carbonyl (C=O) groups is 4. The summed E-state index contributed by atoms with van der Waals surface area (Å²) in [6.45, 7) is 1.14. The van der Waals surface area contributed by atoms with Crippen molar-refractivity contribution in [1.29, 1.82) is 0 Å². The van der Waals surface area contributed by atoms with Crippen molar-refractivity contribution < 1.29 is 212 Å². The number of hydrogen-bond donors (Lipinski definition) is 26. The lowest BCUT2D eigenvalue weighted by molar-refractivity contribution is -0.410. The molecule has 9 aliphatic heterocycles. The summed E-state index contributed by atoms with van der Waals surface area (Å²) in [5, 5.41) is 256. The molecule has 9 fully saturated rings. The summed E-state index contributed by atoms with van der Waals surface area (Å²) in [4.78, 5) is 51.7. The number of rotatable bonds is 26. The van der Waals surface area contributed by atoms with E-state index in [4.69, 9.17) is 80.5 Å². The minimum Gasteiger partial charge on any atom is -0.394 e. The molecule has 26 N–H and O–H groups in total. The van der Waals surface area contributed by atoms with E-state index >= 15 is 0 Å². The number of aliphatic hydroxyl groups excluding tert-OH is 22. The van der Waals surface area contributed by atoms with E-state index in [1.165, 1.54) is 20.8 Å². The first-order chi connectivity index (χ1) is 51.4. The molecule has 0 saturated carbocycles. The van der Waals surface area contributed by atoms with Crippen molar-refractivity contribution in [2.24, 2.45) is 0 Å². The van der Waals surface area contributed by atoms with Gasteiger partial charge in [0.15, 0.2) is 56.6 Å². The summed E-state index contributed by atoms with van der Waals surface area (Å²) in [5.41, 5.74) is 0. The molecule has 0 spiro atoms. The molecular formula is C62H104N4O43. The topological polar surface area (TPSA) is 718 Å². The molecule has 0 radical (unpaired) electrons. The summed E-state index contributed by atoms with van der Waals surface area (Å²) >= 11 is 0. The van der Waals surface area contributed by atoms with Crippen molar-refractivity contribution in [1.82, 2.24) is 21.3 Å². The quantitative estimate of drug-likeness (QED) is 0.0382. The molecule has 45 atom stereocenters. The Bertz CT molecular complexity index is 2920. The molecule has 0 aromatic carbocycles. The highest BCUT2D eigenvalue weighted by atomic mass is 16.8. The smallest absolute Gasteiger partial charge is 0.217 e. The minimum atomic E-state index is -2.34. The van der Waals surface area contributed by atoms with Gasteiger partial charge in [0.2, 0.25) is 23.6 Å². The predicted octanol–water partition coefficient (Wildman–Crippen LogP) is -17.0. The number of carbonyl (C=O) groups excluding carboxylic acids is 4. The lowest BCUT2D eigenvalue weighted by atomic mass is 9.93. The van der Waals surface area contributed by atoms with Gasteiger partial charge in [0, 0.05) is 27.7 Å². The van der Waals surface area contributed by atoms with Gasteiger partial charge in [0.05, 0.1) is 58.0 Å². The maximum Gasteiger partial charge on any atom is 0.217 e. The van der Waals surface area contributed by atoms with Gasteiger partial charge < -0.3 is 214 Å². The first-order valence-corrected chi connectivity index (χ1v) is 35.2. The van der Waals surface area contributed by atoms with Crippen LogP contribution in [0.3, 0.4) is 0 Å². The summed E-state index contributed by atoms with van der Waals surface area (Å²) < 4.78 is 103. The van der Waals surface area contributed by atoms with Gasteiger partial charge in [-0.15, -0.1) is 0 Å². The lowest BCUT2D eigenvalue weighted by Crippen LogP contribution is -2.72. The van der Waals surface area contributed by atoms with Crippen molar-refractivity contribution in [2.45, 2.75) is 325 Å². The van der Waals surface area contributed by atoms with Crippen molar-refractivity contribution in [3.63, 3.8) is 0 Å². The van der Waals surface area contributed by atoms with Gasteiger partial charge in [-0.1, -0.05) is 0 Å². The van der Waals surface area contributed by atoms with Crippen LogP contribution in [0.2, 0.25) is 0 Å². The molecule has 630 valence electrons. The van der Waals surface area contributed by atoms with Crippen molar-refractivity contribution >= 4 is 23.6 Å². The number of nitrogens with one attached hydrogen (secondary N) is 4. The Morgan fingerprint density at radius 3 is 1.06 bits per heavy atom. The Kier molecular flexibility index (Phi) is 31.4. The molecule has 0 aromatic rings. The lowest BCUT2D eigenvalue weighted by Gasteiger charge is -2.53. The SMILES string of the molecule is CC(=O)N[C@@H]1[C@@H](O[C@@H]2O[C@H](CO)[C@@H](O)[C@H](O)[C@H]2NC(C)=O)[C@@H](O)[C@@H](CO[C@@H]2O[C@H](CO)[C@@H](O[C@@H]3O[C@H](CO)[C@H](O)[C@H](O[C@@H]4O[C@H](CO)[C@@H](O[C@@H]5O[C@@H](C)[C@@H](O)[C@@H](O)[C@@H]5O)[C@H](O[C@@H]5O[C@H](CO)[C@H](O)[C@H](O)[C@H]5O[C@@H]5O[C@@H](C)[C@@H](O)[C@@H](O)[C@@H]5O)[C@H]4NC(C)=O)[C@H]3O[C@@H]3O[C@@H](C)[C@@H](O)[C@@H](O)[C@@H]3O)[C@H](O)[C@H]2NC(C)=O)O[C@@H]1O. The van der Waals surface area contributed by atoms with Gasteiger partial charge >= 0.3 is 0 Å².